The maximum Gasteiger partial charge on any atom is 0.287 e. The lowest BCUT2D eigenvalue weighted by Crippen LogP contribution is -2.25. The summed E-state index contributed by atoms with van der Waals surface area (Å²) in [7, 11) is 1.54. The van der Waals surface area contributed by atoms with Crippen molar-refractivity contribution in [1.29, 1.82) is 0 Å². The molecule has 7 nitrogen and oxygen atoms in total. The normalized spacial score (nSPS) is 10.4. The second-order valence-electron chi connectivity index (χ2n) is 5.90. The van der Waals surface area contributed by atoms with Gasteiger partial charge in [-0.25, -0.2) is 4.98 Å². The summed E-state index contributed by atoms with van der Waals surface area (Å²) >= 11 is 0. The Bertz CT molecular complexity index is 1020. The zero-order chi connectivity index (χ0) is 19.4. The molecule has 2 amide bonds. The van der Waals surface area contributed by atoms with Gasteiger partial charge in [0.25, 0.3) is 11.8 Å². The predicted octanol–water partition coefficient (Wildman–Crippen LogP) is 2.82. The van der Waals surface area contributed by atoms with Crippen molar-refractivity contribution in [3.05, 3.63) is 72.3 Å². The van der Waals surface area contributed by atoms with Crippen molar-refractivity contribution < 1.29 is 14.3 Å². The second-order valence-corrected chi connectivity index (χ2v) is 5.90. The predicted molar refractivity (Wildman–Crippen MR) is 103 cm³/mol. The molecule has 0 saturated carbocycles. The monoisotopic (exact) mass is 364 g/mol. The van der Waals surface area contributed by atoms with Crippen molar-refractivity contribution in [2.45, 2.75) is 6.92 Å². The summed E-state index contributed by atoms with van der Waals surface area (Å²) in [5, 5.41) is 5.49. The number of hydrogen-bond acceptors (Lipinski definition) is 4. The van der Waals surface area contributed by atoms with E-state index in [-0.39, 0.29) is 17.4 Å². The van der Waals surface area contributed by atoms with Crippen LogP contribution in [0, 0.1) is 6.92 Å². The number of nitrogens with zero attached hydrogens (tertiary/aromatic N) is 2. The van der Waals surface area contributed by atoms with Crippen LogP contribution in [-0.2, 0) is 0 Å². The van der Waals surface area contributed by atoms with Crippen LogP contribution < -0.4 is 15.4 Å². The molecule has 3 rings (SSSR count). The van der Waals surface area contributed by atoms with Crippen molar-refractivity contribution in [2.75, 3.05) is 19.0 Å². The zero-order valence-corrected chi connectivity index (χ0v) is 15.2. The number of aryl methyl sites for hydroxylation is 1. The van der Waals surface area contributed by atoms with Gasteiger partial charge in [0.15, 0.2) is 5.69 Å². The number of fused-ring (bicyclic) bond motifs is 1. The highest BCUT2D eigenvalue weighted by molar-refractivity contribution is 6.09. The van der Waals surface area contributed by atoms with Crippen molar-refractivity contribution >= 4 is 23.0 Å². The quantitative estimate of drug-likeness (QED) is 0.659. The molecule has 1 aromatic carbocycles. The molecule has 0 bridgehead atoms. The molecule has 0 fully saturated rings. The molecule has 0 aliphatic carbocycles. The van der Waals surface area contributed by atoms with Crippen LogP contribution >= 0.6 is 0 Å². The molecule has 0 unspecified atom stereocenters. The van der Waals surface area contributed by atoms with E-state index >= 15 is 0 Å². The van der Waals surface area contributed by atoms with Crippen molar-refractivity contribution in [2.24, 2.45) is 0 Å². The Morgan fingerprint density at radius 2 is 2.07 bits per heavy atom. The lowest BCUT2D eigenvalue weighted by molar-refractivity contribution is 0.0947. The smallest absolute Gasteiger partial charge is 0.287 e. The van der Waals surface area contributed by atoms with Gasteiger partial charge in [0.05, 0.1) is 18.3 Å². The molecule has 2 N–H and O–H groups in total. The number of hydrogen-bond donors (Lipinski definition) is 2. The Hall–Kier alpha value is -3.61. The minimum atomic E-state index is -0.426. The van der Waals surface area contributed by atoms with Crippen LogP contribution in [0.1, 0.15) is 26.7 Å². The highest BCUT2D eigenvalue weighted by Gasteiger charge is 2.22. The first kappa shape index (κ1) is 18.2. The number of methoxy groups -OCH3 is 1. The second kappa shape index (κ2) is 7.74. The highest BCUT2D eigenvalue weighted by atomic mass is 16.5. The van der Waals surface area contributed by atoms with E-state index in [4.69, 9.17) is 4.74 Å². The van der Waals surface area contributed by atoms with Gasteiger partial charge in [-0.1, -0.05) is 18.2 Å². The number of rotatable bonds is 6. The SMILES string of the molecule is C=CCNC(=O)c1nc(C(=O)Nc2cc(C)ccc2OC)c2ccccn12. The van der Waals surface area contributed by atoms with Gasteiger partial charge in [-0.3, -0.25) is 14.0 Å². The Kier molecular flexibility index (Phi) is 5.21. The molecule has 7 heteroatoms. The van der Waals surface area contributed by atoms with Gasteiger partial charge < -0.3 is 15.4 Å². The van der Waals surface area contributed by atoms with Gasteiger partial charge in [-0.05, 0) is 36.8 Å². The Morgan fingerprint density at radius 1 is 1.26 bits per heavy atom. The lowest BCUT2D eigenvalue weighted by Gasteiger charge is -2.10. The van der Waals surface area contributed by atoms with Gasteiger partial charge in [0.2, 0.25) is 5.82 Å². The summed E-state index contributed by atoms with van der Waals surface area (Å²) in [6.07, 6.45) is 3.26. The largest absolute Gasteiger partial charge is 0.495 e. The molecule has 0 spiro atoms. The number of amides is 2. The number of nitrogens with one attached hydrogen (secondary N) is 2. The maximum absolute atomic E-state index is 12.9. The molecule has 2 heterocycles. The third kappa shape index (κ3) is 3.67. The lowest BCUT2D eigenvalue weighted by atomic mass is 10.2. The van der Waals surface area contributed by atoms with Crippen molar-refractivity contribution in [1.82, 2.24) is 14.7 Å². The summed E-state index contributed by atoms with van der Waals surface area (Å²) in [5.41, 5.74) is 2.20. The van der Waals surface area contributed by atoms with E-state index in [9.17, 15) is 9.59 Å². The first-order chi connectivity index (χ1) is 13.0. The number of benzene rings is 1. The fourth-order valence-electron chi connectivity index (χ4n) is 2.71. The molecule has 0 atom stereocenters. The molecule has 0 aliphatic rings. The Labute approximate surface area is 156 Å². The van der Waals surface area contributed by atoms with E-state index in [0.717, 1.165) is 5.56 Å². The summed E-state index contributed by atoms with van der Waals surface area (Å²) in [6.45, 7) is 5.80. The van der Waals surface area contributed by atoms with Crippen LogP contribution in [0.3, 0.4) is 0 Å². The highest BCUT2D eigenvalue weighted by Crippen LogP contribution is 2.26. The van der Waals surface area contributed by atoms with Crippen LogP contribution in [0.15, 0.2) is 55.3 Å². The molecular weight excluding hydrogens is 344 g/mol. The number of imidazole rings is 1. The van der Waals surface area contributed by atoms with E-state index in [1.165, 1.54) is 7.11 Å². The van der Waals surface area contributed by atoms with Gasteiger partial charge in [-0.2, -0.15) is 0 Å². The number of ether oxygens (including phenoxy) is 1. The van der Waals surface area contributed by atoms with Crippen LogP contribution in [0.2, 0.25) is 0 Å². The van der Waals surface area contributed by atoms with E-state index in [1.54, 1.807) is 40.9 Å². The maximum atomic E-state index is 12.9. The first-order valence-corrected chi connectivity index (χ1v) is 8.37. The summed E-state index contributed by atoms with van der Waals surface area (Å²) in [4.78, 5) is 29.5. The number of aromatic nitrogens is 2. The molecule has 27 heavy (non-hydrogen) atoms. The molecule has 0 saturated heterocycles. The molecule has 0 aliphatic heterocycles. The summed E-state index contributed by atoms with van der Waals surface area (Å²) in [6, 6.07) is 10.8. The minimum absolute atomic E-state index is 0.133. The fourth-order valence-corrected chi connectivity index (χ4v) is 2.71. The van der Waals surface area contributed by atoms with E-state index < -0.39 is 5.91 Å². The van der Waals surface area contributed by atoms with Gasteiger partial charge in [0, 0.05) is 12.7 Å². The van der Waals surface area contributed by atoms with E-state index in [2.05, 4.69) is 22.2 Å². The Morgan fingerprint density at radius 3 is 2.81 bits per heavy atom. The van der Waals surface area contributed by atoms with Crippen molar-refractivity contribution in [3.8, 4) is 5.75 Å². The van der Waals surface area contributed by atoms with Crippen molar-refractivity contribution in [3.63, 3.8) is 0 Å². The van der Waals surface area contributed by atoms with E-state index in [0.29, 0.717) is 23.5 Å². The average molecular weight is 364 g/mol. The van der Waals surface area contributed by atoms with Gasteiger partial charge >= 0.3 is 0 Å². The number of carbonyl (C=O) groups excluding carboxylic acids is 2. The number of carbonyl (C=O) groups is 2. The topological polar surface area (TPSA) is 84.7 Å². The zero-order valence-electron chi connectivity index (χ0n) is 15.2. The van der Waals surface area contributed by atoms with Crippen LogP contribution in [0.4, 0.5) is 5.69 Å². The first-order valence-electron chi connectivity index (χ1n) is 8.37. The Balaban J connectivity index is 1.99. The standard InChI is InChI=1S/C20H20N4O3/c1-4-10-21-20(26)18-23-17(15-7-5-6-11-24(15)18)19(25)22-14-12-13(2)8-9-16(14)27-3/h4-9,11-12H,1,10H2,2-3H3,(H,21,26)(H,22,25). The third-order valence-corrected chi connectivity index (χ3v) is 3.98. The third-order valence-electron chi connectivity index (χ3n) is 3.98. The summed E-state index contributed by atoms with van der Waals surface area (Å²) < 4.78 is 6.88. The number of anilines is 1. The summed E-state index contributed by atoms with van der Waals surface area (Å²) in [5.74, 6) is -0.135. The molecule has 2 aromatic heterocycles. The van der Waals surface area contributed by atoms with Crippen LogP contribution in [0.5, 0.6) is 5.75 Å². The van der Waals surface area contributed by atoms with Gasteiger partial charge in [0.1, 0.15) is 5.75 Å². The molecular formula is C20H20N4O3. The van der Waals surface area contributed by atoms with Gasteiger partial charge in [-0.15, -0.1) is 6.58 Å². The number of pyridine rings is 1. The fraction of sp³-hybridized carbons (Fsp3) is 0.150. The molecule has 138 valence electrons. The average Bonchev–Trinajstić information content (AvgIpc) is 3.06. The minimum Gasteiger partial charge on any atom is -0.495 e. The van der Waals surface area contributed by atoms with E-state index in [1.807, 2.05) is 19.1 Å². The van der Waals surface area contributed by atoms with Crippen LogP contribution in [0.25, 0.3) is 5.52 Å². The molecule has 0 radical (unpaired) electrons. The van der Waals surface area contributed by atoms with Crippen LogP contribution in [-0.4, -0.2) is 34.9 Å². The molecule has 3 aromatic rings.